The third-order valence-electron chi connectivity index (χ3n) is 4.42. The Kier molecular flexibility index (Phi) is 5.81. The minimum absolute atomic E-state index is 0.482. The number of hydrogen-bond donors (Lipinski definition) is 1. The average molecular weight is 395 g/mol. The molecule has 0 spiro atoms. The van der Waals surface area contributed by atoms with Gasteiger partial charge in [0.25, 0.3) is 0 Å². The minimum atomic E-state index is -3.73. The van der Waals surface area contributed by atoms with Crippen LogP contribution in [-0.2, 0) is 4.57 Å². The summed E-state index contributed by atoms with van der Waals surface area (Å²) < 4.78 is 25.4. The summed E-state index contributed by atoms with van der Waals surface area (Å²) in [6.07, 6.45) is 0. The molecule has 146 valence electrons. The first kappa shape index (κ1) is 20.0. The van der Waals surface area contributed by atoms with Crippen LogP contribution in [0.4, 0.5) is 5.69 Å². The first-order chi connectivity index (χ1) is 13.2. The van der Waals surface area contributed by atoms with Crippen molar-refractivity contribution in [3.63, 3.8) is 0 Å². The van der Waals surface area contributed by atoms with Gasteiger partial charge in [0.15, 0.2) is 0 Å². The number of aryl methyl sites for hydroxylation is 5. The van der Waals surface area contributed by atoms with Crippen molar-refractivity contribution >= 4 is 13.4 Å². The Morgan fingerprint density at radius 3 is 1.43 bits per heavy atom. The van der Waals surface area contributed by atoms with E-state index in [4.69, 9.17) is 9.05 Å². The highest BCUT2D eigenvalue weighted by atomic mass is 31.2. The van der Waals surface area contributed by atoms with Crippen LogP contribution in [0.25, 0.3) is 0 Å². The average Bonchev–Trinajstić information content (AvgIpc) is 2.62. The molecule has 3 aromatic carbocycles. The zero-order valence-corrected chi connectivity index (χ0v) is 17.8. The molecule has 1 N–H and O–H groups in total. The summed E-state index contributed by atoms with van der Waals surface area (Å²) in [7, 11) is -3.73. The van der Waals surface area contributed by atoms with Gasteiger partial charge in [-0.15, -0.1) is 0 Å². The fraction of sp³-hybridized carbons (Fsp3) is 0.217. The van der Waals surface area contributed by atoms with Gasteiger partial charge >= 0.3 is 7.75 Å². The summed E-state index contributed by atoms with van der Waals surface area (Å²) in [4.78, 5) is 0. The second-order valence-corrected chi connectivity index (χ2v) is 8.78. The predicted molar refractivity (Wildman–Crippen MR) is 115 cm³/mol. The van der Waals surface area contributed by atoms with Crippen LogP contribution in [0.1, 0.15) is 27.8 Å². The Balaban J connectivity index is 1.96. The van der Waals surface area contributed by atoms with Crippen LogP contribution in [0.5, 0.6) is 11.5 Å². The molecule has 0 atom stereocenters. The highest BCUT2D eigenvalue weighted by molar-refractivity contribution is 7.56. The Labute approximate surface area is 167 Å². The molecular formula is C23H26NO3P. The fourth-order valence-corrected chi connectivity index (χ4v) is 4.59. The first-order valence-corrected chi connectivity index (χ1v) is 10.8. The molecule has 0 fully saturated rings. The van der Waals surface area contributed by atoms with E-state index in [1.807, 2.05) is 71.0 Å². The molecule has 0 amide bonds. The third-order valence-corrected chi connectivity index (χ3v) is 5.82. The van der Waals surface area contributed by atoms with Gasteiger partial charge in [-0.3, -0.25) is 5.09 Å². The smallest absolute Gasteiger partial charge is 0.400 e. The van der Waals surface area contributed by atoms with Crippen molar-refractivity contribution in [1.29, 1.82) is 0 Å². The van der Waals surface area contributed by atoms with E-state index >= 15 is 0 Å². The standard InChI is InChI=1S/C23H26NO3P/c1-16-6-10-21(11-7-16)26-28(25,27-22-12-8-17(2)9-13-22)24-23-19(4)14-18(3)15-20(23)5/h6-15H,1-5H3,(H,24,25). The topological polar surface area (TPSA) is 47.6 Å². The quantitative estimate of drug-likeness (QED) is 0.461. The molecule has 0 radical (unpaired) electrons. The largest absolute Gasteiger partial charge is 0.541 e. The third kappa shape index (κ3) is 4.96. The SMILES string of the molecule is Cc1ccc(OP(=O)(Nc2c(C)cc(C)cc2C)Oc2ccc(C)cc2)cc1. The van der Waals surface area contributed by atoms with Crippen LogP contribution >= 0.6 is 7.75 Å². The molecule has 3 aromatic rings. The Morgan fingerprint density at radius 2 is 1.04 bits per heavy atom. The molecule has 0 aliphatic carbocycles. The summed E-state index contributed by atoms with van der Waals surface area (Å²) in [5.74, 6) is 0.965. The lowest BCUT2D eigenvalue weighted by Crippen LogP contribution is -2.11. The monoisotopic (exact) mass is 395 g/mol. The number of hydrogen-bond acceptors (Lipinski definition) is 3. The summed E-state index contributed by atoms with van der Waals surface area (Å²) in [6.45, 7) is 9.97. The molecule has 0 bridgehead atoms. The highest BCUT2D eigenvalue weighted by Gasteiger charge is 2.30. The van der Waals surface area contributed by atoms with Crippen molar-refractivity contribution in [2.24, 2.45) is 0 Å². The minimum Gasteiger partial charge on any atom is -0.400 e. The van der Waals surface area contributed by atoms with Crippen molar-refractivity contribution in [3.05, 3.63) is 88.5 Å². The van der Waals surface area contributed by atoms with Crippen LogP contribution in [0.3, 0.4) is 0 Å². The zero-order chi connectivity index (χ0) is 20.3. The molecule has 0 saturated carbocycles. The highest BCUT2D eigenvalue weighted by Crippen LogP contribution is 2.49. The van der Waals surface area contributed by atoms with Crippen LogP contribution in [0.15, 0.2) is 60.7 Å². The lowest BCUT2D eigenvalue weighted by Gasteiger charge is -2.23. The van der Waals surface area contributed by atoms with Gasteiger partial charge in [0.05, 0.1) is 5.69 Å². The van der Waals surface area contributed by atoms with E-state index < -0.39 is 7.75 Å². The van der Waals surface area contributed by atoms with E-state index in [-0.39, 0.29) is 0 Å². The molecule has 0 unspecified atom stereocenters. The molecule has 0 aliphatic heterocycles. The number of anilines is 1. The van der Waals surface area contributed by atoms with Crippen molar-refractivity contribution in [3.8, 4) is 11.5 Å². The van der Waals surface area contributed by atoms with E-state index in [1.165, 1.54) is 0 Å². The molecule has 5 heteroatoms. The molecule has 4 nitrogen and oxygen atoms in total. The molecular weight excluding hydrogens is 369 g/mol. The summed E-state index contributed by atoms with van der Waals surface area (Å²) >= 11 is 0. The van der Waals surface area contributed by atoms with Gasteiger partial charge in [0, 0.05) is 0 Å². The van der Waals surface area contributed by atoms with Crippen molar-refractivity contribution < 1.29 is 13.6 Å². The maximum atomic E-state index is 13.7. The number of nitrogens with one attached hydrogen (secondary N) is 1. The number of benzene rings is 3. The van der Waals surface area contributed by atoms with Crippen molar-refractivity contribution in [2.45, 2.75) is 34.6 Å². The Hall–Kier alpha value is -2.71. The second kappa shape index (κ2) is 8.12. The van der Waals surface area contributed by atoms with Gasteiger partial charge in [-0.25, -0.2) is 4.57 Å². The van der Waals surface area contributed by atoms with Gasteiger partial charge in [0.2, 0.25) is 0 Å². The van der Waals surface area contributed by atoms with E-state index in [0.717, 1.165) is 33.5 Å². The Morgan fingerprint density at radius 1 is 0.643 bits per heavy atom. The molecule has 0 saturated heterocycles. The van der Waals surface area contributed by atoms with Crippen LogP contribution in [0, 0.1) is 34.6 Å². The molecule has 0 aliphatic rings. The van der Waals surface area contributed by atoms with Crippen LogP contribution < -0.4 is 14.1 Å². The predicted octanol–water partition coefficient (Wildman–Crippen LogP) is 6.91. The zero-order valence-electron chi connectivity index (χ0n) is 16.9. The van der Waals surface area contributed by atoms with E-state index in [1.54, 1.807) is 24.3 Å². The lowest BCUT2D eigenvalue weighted by molar-refractivity contribution is 0.392. The molecule has 28 heavy (non-hydrogen) atoms. The maximum Gasteiger partial charge on any atom is 0.541 e. The molecule has 3 rings (SSSR count). The van der Waals surface area contributed by atoms with Gasteiger partial charge in [-0.1, -0.05) is 53.1 Å². The van der Waals surface area contributed by atoms with Gasteiger partial charge < -0.3 is 9.05 Å². The molecule has 0 heterocycles. The maximum absolute atomic E-state index is 13.7. The Bertz CT molecular complexity index is 937. The summed E-state index contributed by atoms with van der Waals surface area (Å²) in [5.41, 5.74) is 6.07. The van der Waals surface area contributed by atoms with Crippen molar-refractivity contribution in [1.82, 2.24) is 0 Å². The van der Waals surface area contributed by atoms with Gasteiger partial charge in [-0.2, -0.15) is 0 Å². The van der Waals surface area contributed by atoms with Crippen LogP contribution in [0.2, 0.25) is 0 Å². The second-order valence-electron chi connectivity index (χ2n) is 7.19. The first-order valence-electron chi connectivity index (χ1n) is 9.23. The van der Waals surface area contributed by atoms with Gasteiger partial charge in [-0.05, 0) is 70.0 Å². The van der Waals surface area contributed by atoms with E-state index in [0.29, 0.717) is 11.5 Å². The van der Waals surface area contributed by atoms with Crippen LogP contribution in [-0.4, -0.2) is 0 Å². The van der Waals surface area contributed by atoms with Crippen molar-refractivity contribution in [2.75, 3.05) is 5.09 Å². The fourth-order valence-electron chi connectivity index (χ4n) is 3.03. The molecule has 0 aromatic heterocycles. The number of rotatable bonds is 6. The van der Waals surface area contributed by atoms with E-state index in [2.05, 4.69) is 5.09 Å². The van der Waals surface area contributed by atoms with E-state index in [9.17, 15) is 4.57 Å². The van der Waals surface area contributed by atoms with Gasteiger partial charge in [0.1, 0.15) is 11.5 Å². The normalized spacial score (nSPS) is 11.2. The summed E-state index contributed by atoms with van der Waals surface area (Å²) in [6, 6.07) is 18.9. The lowest BCUT2D eigenvalue weighted by atomic mass is 10.1. The summed E-state index contributed by atoms with van der Waals surface area (Å²) in [5, 5.41) is 3.06.